The Kier molecular flexibility index (Phi) is 6.50. The minimum atomic E-state index is -0.484. The number of fused-ring (bicyclic) bond motifs is 1. The van der Waals surface area contributed by atoms with Crippen LogP contribution in [0.2, 0.25) is 0 Å². The van der Waals surface area contributed by atoms with Crippen LogP contribution in [0.3, 0.4) is 0 Å². The highest BCUT2D eigenvalue weighted by atomic mass is 32.2. The summed E-state index contributed by atoms with van der Waals surface area (Å²) >= 11 is 1.42. The maximum absolute atomic E-state index is 13.1. The van der Waals surface area contributed by atoms with Gasteiger partial charge in [0.2, 0.25) is 5.91 Å². The van der Waals surface area contributed by atoms with Gasteiger partial charge < -0.3 is 19.8 Å². The molecule has 0 saturated carbocycles. The normalized spacial score (nSPS) is 15.1. The molecule has 2 aromatic carbocycles. The van der Waals surface area contributed by atoms with Crippen molar-refractivity contribution in [3.05, 3.63) is 75.1 Å². The van der Waals surface area contributed by atoms with Gasteiger partial charge >= 0.3 is 0 Å². The number of amides is 1. The molecular weight excluding hydrogens is 426 g/mol. The molecule has 1 aromatic heterocycles. The summed E-state index contributed by atoms with van der Waals surface area (Å²) in [5, 5.41) is 3.24. The Morgan fingerprint density at radius 1 is 1.19 bits per heavy atom. The van der Waals surface area contributed by atoms with Crippen molar-refractivity contribution >= 4 is 23.5 Å². The molecule has 0 spiro atoms. The topological polar surface area (TPSA) is 93.3 Å². The summed E-state index contributed by atoms with van der Waals surface area (Å²) < 4.78 is 11.3. The molecule has 8 heteroatoms. The Hall–Kier alpha value is -3.26. The zero-order valence-electron chi connectivity index (χ0n) is 18.2. The van der Waals surface area contributed by atoms with Gasteiger partial charge in [-0.2, -0.15) is 0 Å². The lowest BCUT2D eigenvalue weighted by atomic mass is 9.86. The first-order valence-electron chi connectivity index (χ1n) is 10.4. The van der Waals surface area contributed by atoms with Crippen molar-refractivity contribution in [2.75, 3.05) is 19.0 Å². The maximum atomic E-state index is 13.1. The minimum Gasteiger partial charge on any atom is -0.493 e. The van der Waals surface area contributed by atoms with Crippen molar-refractivity contribution in [2.45, 2.75) is 37.1 Å². The first kappa shape index (κ1) is 22.0. The number of benzene rings is 2. The second-order valence-corrected chi connectivity index (χ2v) is 8.49. The number of hydrogen-bond acceptors (Lipinski definition) is 6. The fourth-order valence-electron chi connectivity index (χ4n) is 3.91. The van der Waals surface area contributed by atoms with E-state index >= 15 is 0 Å². The number of nitrogens with one attached hydrogen (secondary N) is 2. The molecule has 1 aliphatic heterocycles. The zero-order valence-corrected chi connectivity index (χ0v) is 19.0. The molecule has 0 aliphatic carbocycles. The van der Waals surface area contributed by atoms with E-state index in [4.69, 9.17) is 9.47 Å². The number of ether oxygens (including phenoxy) is 2. The molecule has 166 valence electrons. The lowest BCUT2D eigenvalue weighted by Crippen LogP contribution is -2.31. The van der Waals surface area contributed by atoms with Gasteiger partial charge in [0.15, 0.2) is 16.7 Å². The largest absolute Gasteiger partial charge is 0.493 e. The highest BCUT2D eigenvalue weighted by Gasteiger charge is 2.33. The Labute approximate surface area is 190 Å². The van der Waals surface area contributed by atoms with E-state index < -0.39 is 5.92 Å². The molecule has 7 nitrogen and oxygen atoms in total. The number of nitrogens with zero attached hydrogens (tertiary/aromatic N) is 1. The molecule has 3 aromatic rings. The number of H-pyrrole nitrogens is 1. The third kappa shape index (κ3) is 4.50. The monoisotopic (exact) mass is 451 g/mol. The highest BCUT2D eigenvalue weighted by Crippen LogP contribution is 2.42. The summed E-state index contributed by atoms with van der Waals surface area (Å²) in [6, 6.07) is 13.7. The molecule has 0 unspecified atom stereocenters. The van der Waals surface area contributed by atoms with E-state index in [1.54, 1.807) is 13.2 Å². The first-order chi connectivity index (χ1) is 15.5. The molecular formula is C24H25N3O4S. The highest BCUT2D eigenvalue weighted by molar-refractivity contribution is 7.98. The van der Waals surface area contributed by atoms with Gasteiger partial charge in [0.05, 0.1) is 19.3 Å². The molecule has 0 radical (unpaired) electrons. The van der Waals surface area contributed by atoms with Crippen molar-refractivity contribution in [1.82, 2.24) is 9.97 Å². The summed E-state index contributed by atoms with van der Waals surface area (Å²) in [6.45, 7) is 4.35. The fourth-order valence-corrected chi connectivity index (χ4v) is 4.71. The predicted octanol–water partition coefficient (Wildman–Crippen LogP) is 4.25. The number of anilines is 1. The van der Waals surface area contributed by atoms with Gasteiger partial charge in [-0.3, -0.25) is 9.59 Å². The smallest absolute Gasteiger partial charge is 0.257 e. The number of aromatic amines is 1. The van der Waals surface area contributed by atoms with Crippen LogP contribution in [0.25, 0.3) is 0 Å². The van der Waals surface area contributed by atoms with E-state index in [0.717, 1.165) is 11.1 Å². The maximum Gasteiger partial charge on any atom is 0.257 e. The van der Waals surface area contributed by atoms with Crippen LogP contribution in [0.5, 0.6) is 11.5 Å². The first-order valence-corrected chi connectivity index (χ1v) is 11.4. The summed E-state index contributed by atoms with van der Waals surface area (Å²) in [4.78, 5) is 33.1. The number of para-hydroxylation sites is 1. The molecule has 0 saturated heterocycles. The number of carbonyl (C=O) groups is 1. The number of hydrogen-bond donors (Lipinski definition) is 2. The second kappa shape index (κ2) is 9.48. The van der Waals surface area contributed by atoms with Gasteiger partial charge in [0, 0.05) is 23.7 Å². The van der Waals surface area contributed by atoms with Gasteiger partial charge in [0.25, 0.3) is 5.56 Å². The van der Waals surface area contributed by atoms with E-state index in [0.29, 0.717) is 40.4 Å². The van der Waals surface area contributed by atoms with Crippen LogP contribution in [0, 0.1) is 6.92 Å². The molecule has 0 fully saturated rings. The van der Waals surface area contributed by atoms with Crippen molar-refractivity contribution in [1.29, 1.82) is 0 Å². The fraction of sp³-hybridized carbons (Fsp3) is 0.292. The van der Waals surface area contributed by atoms with Gasteiger partial charge in [-0.1, -0.05) is 53.7 Å². The van der Waals surface area contributed by atoms with E-state index in [2.05, 4.69) is 21.4 Å². The van der Waals surface area contributed by atoms with Crippen LogP contribution in [0.4, 0.5) is 5.82 Å². The molecule has 1 aliphatic rings. The summed E-state index contributed by atoms with van der Waals surface area (Å²) in [5.74, 6) is 1.38. The van der Waals surface area contributed by atoms with E-state index in [-0.39, 0.29) is 17.9 Å². The Morgan fingerprint density at radius 2 is 2.00 bits per heavy atom. The average Bonchev–Trinajstić information content (AvgIpc) is 2.77. The number of methoxy groups -OCH3 is 1. The molecule has 4 rings (SSSR count). The van der Waals surface area contributed by atoms with Crippen molar-refractivity contribution < 1.29 is 14.3 Å². The van der Waals surface area contributed by atoms with Crippen LogP contribution in [-0.2, 0) is 10.5 Å². The van der Waals surface area contributed by atoms with E-state index in [9.17, 15) is 9.59 Å². The lowest BCUT2D eigenvalue weighted by Gasteiger charge is -2.26. The average molecular weight is 452 g/mol. The van der Waals surface area contributed by atoms with Crippen molar-refractivity contribution in [3.63, 3.8) is 0 Å². The van der Waals surface area contributed by atoms with Crippen molar-refractivity contribution in [3.8, 4) is 11.5 Å². The Balaban J connectivity index is 1.71. The van der Waals surface area contributed by atoms with Crippen molar-refractivity contribution in [2.24, 2.45) is 0 Å². The molecule has 2 N–H and O–H groups in total. The van der Waals surface area contributed by atoms with E-state index in [1.807, 2.05) is 44.2 Å². The third-order valence-corrected chi connectivity index (χ3v) is 6.23. The predicted molar refractivity (Wildman–Crippen MR) is 125 cm³/mol. The summed E-state index contributed by atoms with van der Waals surface area (Å²) in [6.07, 6.45) is 0.126. The number of carbonyl (C=O) groups excluding carboxylic acids is 1. The van der Waals surface area contributed by atoms with Crippen LogP contribution >= 0.6 is 11.8 Å². The lowest BCUT2D eigenvalue weighted by molar-refractivity contribution is -0.116. The SMILES string of the molecule is CCOc1c(OC)cccc1[C@@H]1CC(=O)Nc2nc(SCc3cccc(C)c3)[nH]c(=O)c21. The summed E-state index contributed by atoms with van der Waals surface area (Å²) in [5.41, 5.74) is 3.20. The molecule has 1 amide bonds. The Bertz CT molecular complexity index is 1210. The van der Waals surface area contributed by atoms with Crippen LogP contribution in [0.1, 0.15) is 41.5 Å². The van der Waals surface area contributed by atoms with Gasteiger partial charge in [-0.25, -0.2) is 4.98 Å². The Morgan fingerprint density at radius 3 is 2.75 bits per heavy atom. The van der Waals surface area contributed by atoms with Gasteiger partial charge in [-0.05, 0) is 25.5 Å². The third-order valence-electron chi connectivity index (χ3n) is 5.28. The zero-order chi connectivity index (χ0) is 22.7. The molecule has 0 bridgehead atoms. The van der Waals surface area contributed by atoms with Crippen LogP contribution < -0.4 is 20.3 Å². The number of aryl methyl sites for hydroxylation is 1. The van der Waals surface area contributed by atoms with Gasteiger partial charge in [-0.15, -0.1) is 0 Å². The van der Waals surface area contributed by atoms with Gasteiger partial charge in [0.1, 0.15) is 5.82 Å². The number of thioether (sulfide) groups is 1. The molecule has 1 atom stereocenters. The number of rotatable bonds is 7. The second-order valence-electron chi connectivity index (χ2n) is 7.53. The molecule has 32 heavy (non-hydrogen) atoms. The molecule has 2 heterocycles. The van der Waals surface area contributed by atoms with Crippen LogP contribution in [0.15, 0.2) is 52.4 Å². The standard InChI is InChI=1S/C24H25N3O4S/c1-4-31-21-16(9-6-10-18(21)30-3)17-12-19(28)25-22-20(17)23(29)27-24(26-22)32-13-15-8-5-7-14(2)11-15/h5-11,17H,4,12-13H2,1-3H3,(H2,25,26,27,28,29)/t17-/m0/s1. The quantitative estimate of drug-likeness (QED) is 0.412. The minimum absolute atomic E-state index is 0.126. The van der Waals surface area contributed by atoms with Crippen LogP contribution in [-0.4, -0.2) is 29.6 Å². The summed E-state index contributed by atoms with van der Waals surface area (Å²) in [7, 11) is 1.56. The van der Waals surface area contributed by atoms with E-state index in [1.165, 1.54) is 17.3 Å². The number of aromatic nitrogens is 2.